The fourth-order valence-electron chi connectivity index (χ4n) is 2.40. The molecule has 2 aromatic heterocycles. The van der Waals surface area contributed by atoms with Gasteiger partial charge in [-0.25, -0.2) is 14.3 Å². The molecule has 1 N–H and O–H groups in total. The van der Waals surface area contributed by atoms with Gasteiger partial charge in [-0.1, -0.05) is 18.5 Å². The van der Waals surface area contributed by atoms with Gasteiger partial charge in [0.15, 0.2) is 0 Å². The molecule has 0 saturated carbocycles. The maximum absolute atomic E-state index is 13.2. The first-order valence-corrected chi connectivity index (χ1v) is 6.57. The van der Waals surface area contributed by atoms with Crippen LogP contribution in [-0.4, -0.2) is 21.2 Å². The minimum absolute atomic E-state index is 0.0854. The Hall–Kier alpha value is -1.95. The van der Waals surface area contributed by atoms with Gasteiger partial charge in [0, 0.05) is 24.1 Å². The van der Waals surface area contributed by atoms with Crippen molar-refractivity contribution in [2.45, 2.75) is 20.0 Å². The Labute approximate surface area is 119 Å². The monoisotopic (exact) mass is 294 g/mol. The third kappa shape index (κ3) is 2.06. The highest BCUT2D eigenvalue weighted by atomic mass is 35.5. The highest BCUT2D eigenvalue weighted by Gasteiger charge is 2.27. The van der Waals surface area contributed by atoms with Gasteiger partial charge < -0.3 is 0 Å². The molecule has 104 valence electrons. The maximum Gasteiger partial charge on any atom is 0.240 e. The van der Waals surface area contributed by atoms with Crippen LogP contribution >= 0.6 is 11.6 Å². The van der Waals surface area contributed by atoms with Gasteiger partial charge in [0.05, 0.1) is 16.3 Å². The number of hydrazone groups is 1. The summed E-state index contributed by atoms with van der Waals surface area (Å²) in [7, 11) is 0. The molecule has 1 unspecified atom stereocenters. The number of fused-ring (bicyclic) bond motifs is 1. The van der Waals surface area contributed by atoms with Gasteiger partial charge in [-0.2, -0.15) is 10.2 Å². The van der Waals surface area contributed by atoms with Crippen LogP contribution in [0.3, 0.4) is 0 Å². The normalized spacial score (nSPS) is 19.1. The van der Waals surface area contributed by atoms with E-state index in [0.29, 0.717) is 28.4 Å². The second-order valence-corrected chi connectivity index (χ2v) is 5.21. The first-order chi connectivity index (χ1) is 9.60. The highest BCUT2D eigenvalue weighted by molar-refractivity contribution is 6.30. The molecule has 0 radical (unpaired) electrons. The third-order valence-electron chi connectivity index (χ3n) is 3.31. The molecule has 0 aromatic carbocycles. The van der Waals surface area contributed by atoms with E-state index in [1.165, 1.54) is 4.52 Å². The van der Waals surface area contributed by atoms with E-state index in [9.17, 15) is 9.18 Å². The molecule has 7 heteroatoms. The second kappa shape index (κ2) is 4.86. The standard InChI is InChI=1S/C13H12ClFN4O/c1-7-4-11(20)16-17-13(7)12-9(5-15)18-19-6-8(14)2-3-10(12)19/h2-3,6-7H,4-5H2,1H3,(H,16,20). The molecule has 5 nitrogen and oxygen atoms in total. The van der Waals surface area contributed by atoms with Gasteiger partial charge in [-0.15, -0.1) is 0 Å². The van der Waals surface area contributed by atoms with Crippen LogP contribution in [-0.2, 0) is 11.5 Å². The van der Waals surface area contributed by atoms with E-state index in [4.69, 9.17) is 11.6 Å². The van der Waals surface area contributed by atoms with E-state index in [2.05, 4.69) is 15.6 Å². The first-order valence-electron chi connectivity index (χ1n) is 6.19. The number of amides is 1. The molecular weight excluding hydrogens is 283 g/mol. The Morgan fingerprint density at radius 3 is 3.05 bits per heavy atom. The molecule has 3 rings (SSSR count). The van der Waals surface area contributed by atoms with Gasteiger partial charge >= 0.3 is 0 Å². The third-order valence-corrected chi connectivity index (χ3v) is 3.53. The molecule has 0 spiro atoms. The molecule has 0 aliphatic carbocycles. The SMILES string of the molecule is CC1CC(=O)NN=C1c1c(CF)nn2cc(Cl)ccc12. The van der Waals surface area contributed by atoms with E-state index in [0.717, 1.165) is 5.52 Å². The number of aromatic nitrogens is 2. The number of alkyl halides is 1. The van der Waals surface area contributed by atoms with Crippen molar-refractivity contribution >= 4 is 28.7 Å². The number of hydrogen-bond acceptors (Lipinski definition) is 3. The Balaban J connectivity index is 2.22. The van der Waals surface area contributed by atoms with Crippen molar-refractivity contribution in [3.63, 3.8) is 0 Å². The first kappa shape index (κ1) is 13.1. The lowest BCUT2D eigenvalue weighted by Crippen LogP contribution is -2.32. The molecule has 20 heavy (non-hydrogen) atoms. The fraction of sp³-hybridized carbons (Fsp3) is 0.308. The molecule has 1 aliphatic rings. The number of nitrogens with one attached hydrogen (secondary N) is 1. The second-order valence-electron chi connectivity index (χ2n) is 4.77. The average molecular weight is 295 g/mol. The number of halogens is 2. The van der Waals surface area contributed by atoms with Crippen LogP contribution in [0.15, 0.2) is 23.4 Å². The van der Waals surface area contributed by atoms with Crippen LogP contribution in [0.25, 0.3) is 5.52 Å². The van der Waals surface area contributed by atoms with Gasteiger partial charge in [-0.3, -0.25) is 4.79 Å². The van der Waals surface area contributed by atoms with Crippen LogP contribution in [0.5, 0.6) is 0 Å². The lowest BCUT2D eigenvalue weighted by molar-refractivity contribution is -0.121. The quantitative estimate of drug-likeness (QED) is 0.924. The average Bonchev–Trinajstić information content (AvgIpc) is 2.76. The van der Waals surface area contributed by atoms with Crippen molar-refractivity contribution < 1.29 is 9.18 Å². The van der Waals surface area contributed by atoms with Gasteiger partial charge in [0.25, 0.3) is 0 Å². The predicted molar refractivity (Wildman–Crippen MR) is 73.5 cm³/mol. The number of rotatable bonds is 2. The van der Waals surface area contributed by atoms with Crippen LogP contribution in [0, 0.1) is 5.92 Å². The van der Waals surface area contributed by atoms with Crippen LogP contribution in [0.2, 0.25) is 5.02 Å². The Morgan fingerprint density at radius 2 is 2.35 bits per heavy atom. The summed E-state index contributed by atoms with van der Waals surface area (Å²) in [5, 5.41) is 8.78. The van der Waals surface area contributed by atoms with Crippen molar-refractivity contribution in [3.8, 4) is 0 Å². The molecular formula is C13H12ClFN4O. The van der Waals surface area contributed by atoms with Crippen molar-refractivity contribution in [3.05, 3.63) is 34.6 Å². The number of pyridine rings is 1. The Bertz CT molecular complexity index is 724. The van der Waals surface area contributed by atoms with Crippen molar-refractivity contribution in [2.24, 2.45) is 11.0 Å². The summed E-state index contributed by atoms with van der Waals surface area (Å²) in [5.41, 5.74) is 4.75. The summed E-state index contributed by atoms with van der Waals surface area (Å²) in [6.45, 7) is 1.19. The molecule has 0 bridgehead atoms. The number of carbonyl (C=O) groups is 1. The Kier molecular flexibility index (Phi) is 3.17. The summed E-state index contributed by atoms with van der Waals surface area (Å²) in [6, 6.07) is 3.49. The zero-order valence-electron chi connectivity index (χ0n) is 10.7. The minimum atomic E-state index is -0.700. The molecule has 1 amide bonds. The van der Waals surface area contributed by atoms with Crippen molar-refractivity contribution in [1.82, 2.24) is 15.0 Å². The fourth-order valence-corrected chi connectivity index (χ4v) is 2.56. The summed E-state index contributed by atoms with van der Waals surface area (Å²) >= 11 is 5.92. The number of nitrogens with zero attached hydrogens (tertiary/aromatic N) is 3. The summed E-state index contributed by atoms with van der Waals surface area (Å²) in [4.78, 5) is 11.3. The van der Waals surface area contributed by atoms with E-state index < -0.39 is 6.67 Å². The molecule has 1 atom stereocenters. The van der Waals surface area contributed by atoms with Crippen LogP contribution in [0.1, 0.15) is 24.6 Å². The Morgan fingerprint density at radius 1 is 1.55 bits per heavy atom. The van der Waals surface area contributed by atoms with Crippen LogP contribution < -0.4 is 5.43 Å². The topological polar surface area (TPSA) is 58.8 Å². The zero-order chi connectivity index (χ0) is 14.3. The van der Waals surface area contributed by atoms with E-state index >= 15 is 0 Å². The van der Waals surface area contributed by atoms with Crippen molar-refractivity contribution in [1.29, 1.82) is 0 Å². The summed E-state index contributed by atoms with van der Waals surface area (Å²) in [6.07, 6.45) is 1.95. The van der Waals surface area contributed by atoms with E-state index in [-0.39, 0.29) is 11.8 Å². The lowest BCUT2D eigenvalue weighted by Gasteiger charge is -2.18. The molecule has 0 saturated heterocycles. The summed E-state index contributed by atoms with van der Waals surface area (Å²) < 4.78 is 14.8. The van der Waals surface area contributed by atoms with Crippen LogP contribution in [0.4, 0.5) is 4.39 Å². The van der Waals surface area contributed by atoms with Gasteiger partial charge in [-0.05, 0) is 12.1 Å². The van der Waals surface area contributed by atoms with Gasteiger partial charge in [0.2, 0.25) is 5.91 Å². The predicted octanol–water partition coefficient (Wildman–Crippen LogP) is 2.32. The molecule has 2 aromatic rings. The largest absolute Gasteiger partial charge is 0.273 e. The van der Waals surface area contributed by atoms with E-state index in [1.807, 2.05) is 6.92 Å². The zero-order valence-corrected chi connectivity index (χ0v) is 11.5. The number of hydrogen-bond donors (Lipinski definition) is 1. The lowest BCUT2D eigenvalue weighted by atomic mass is 9.93. The highest BCUT2D eigenvalue weighted by Crippen LogP contribution is 2.25. The molecule has 3 heterocycles. The molecule has 0 fully saturated rings. The smallest absolute Gasteiger partial charge is 0.240 e. The number of carbonyl (C=O) groups excluding carboxylic acids is 1. The molecule has 1 aliphatic heterocycles. The summed E-state index contributed by atoms with van der Waals surface area (Å²) in [5.74, 6) is -0.222. The van der Waals surface area contributed by atoms with Gasteiger partial charge in [0.1, 0.15) is 12.4 Å². The van der Waals surface area contributed by atoms with E-state index in [1.54, 1.807) is 18.3 Å². The maximum atomic E-state index is 13.2. The van der Waals surface area contributed by atoms with Crippen molar-refractivity contribution in [2.75, 3.05) is 0 Å². The minimum Gasteiger partial charge on any atom is -0.273 e.